The predicted octanol–water partition coefficient (Wildman–Crippen LogP) is 2.73. The molecule has 0 bridgehead atoms. The summed E-state index contributed by atoms with van der Waals surface area (Å²) >= 11 is 1.59. The molecule has 8 heteroatoms. The van der Waals surface area contributed by atoms with E-state index in [0.717, 1.165) is 36.2 Å². The van der Waals surface area contributed by atoms with Gasteiger partial charge in [-0.3, -0.25) is 4.79 Å². The highest BCUT2D eigenvalue weighted by Crippen LogP contribution is 2.29. The van der Waals surface area contributed by atoms with Crippen LogP contribution in [0.15, 0.2) is 35.3 Å². The average molecular weight is 502 g/mol. The highest BCUT2D eigenvalue weighted by Gasteiger charge is 2.17. The van der Waals surface area contributed by atoms with Gasteiger partial charge < -0.3 is 20.6 Å². The van der Waals surface area contributed by atoms with Gasteiger partial charge in [-0.2, -0.15) is 0 Å². The van der Waals surface area contributed by atoms with Gasteiger partial charge in [0.05, 0.1) is 0 Å². The van der Waals surface area contributed by atoms with Crippen LogP contribution in [0.25, 0.3) is 10.1 Å². The summed E-state index contributed by atoms with van der Waals surface area (Å²) in [5.74, 6) is 0.616. The third-order valence-corrected chi connectivity index (χ3v) is 5.63. The number of amides is 1. The molecule has 1 aliphatic heterocycles. The van der Waals surface area contributed by atoms with E-state index >= 15 is 0 Å². The van der Waals surface area contributed by atoms with Crippen LogP contribution in [-0.4, -0.2) is 54.6 Å². The summed E-state index contributed by atoms with van der Waals surface area (Å²) in [6.07, 6.45) is 1.54. The first-order chi connectivity index (χ1) is 12.7. The first-order valence-corrected chi connectivity index (χ1v) is 9.95. The lowest BCUT2D eigenvalue weighted by Crippen LogP contribution is -2.40. The smallest absolute Gasteiger partial charge is 0.244 e. The van der Waals surface area contributed by atoms with Crippen LogP contribution in [0.4, 0.5) is 0 Å². The van der Waals surface area contributed by atoms with Gasteiger partial charge in [-0.15, -0.1) is 35.3 Å². The van der Waals surface area contributed by atoms with Crippen molar-refractivity contribution in [3.8, 4) is 0 Å². The number of carbonyl (C=O) groups is 1. The summed E-state index contributed by atoms with van der Waals surface area (Å²) < 4.78 is 1.17. The van der Waals surface area contributed by atoms with E-state index < -0.39 is 6.10 Å². The molecule has 1 unspecified atom stereocenters. The number of likely N-dealkylation sites (tertiary alicyclic amines) is 1. The van der Waals surface area contributed by atoms with Crippen molar-refractivity contribution in [3.63, 3.8) is 0 Å². The Labute approximate surface area is 181 Å². The lowest BCUT2D eigenvalue weighted by molar-refractivity contribution is -0.128. The van der Waals surface area contributed by atoms with E-state index in [0.29, 0.717) is 19.0 Å². The Morgan fingerprint density at radius 2 is 2.04 bits per heavy atom. The van der Waals surface area contributed by atoms with Gasteiger partial charge in [0.2, 0.25) is 5.91 Å². The third kappa shape index (κ3) is 6.05. The fourth-order valence-corrected chi connectivity index (χ4v) is 4.07. The molecule has 2 heterocycles. The van der Waals surface area contributed by atoms with Gasteiger partial charge in [0.25, 0.3) is 0 Å². The monoisotopic (exact) mass is 502 g/mol. The van der Waals surface area contributed by atoms with Gasteiger partial charge in [-0.25, -0.2) is 4.99 Å². The zero-order valence-electron chi connectivity index (χ0n) is 15.5. The van der Waals surface area contributed by atoms with Crippen LogP contribution in [0.5, 0.6) is 0 Å². The lowest BCUT2D eigenvalue weighted by atomic mass is 10.2. The summed E-state index contributed by atoms with van der Waals surface area (Å²) in [6, 6.07) is 10.1. The number of hydrogen-bond donors (Lipinski definition) is 3. The summed E-state index contributed by atoms with van der Waals surface area (Å²) in [4.78, 5) is 19.3. The average Bonchev–Trinajstić information content (AvgIpc) is 3.33. The zero-order valence-corrected chi connectivity index (χ0v) is 18.6. The number of benzene rings is 1. The van der Waals surface area contributed by atoms with E-state index in [4.69, 9.17) is 0 Å². The van der Waals surface area contributed by atoms with Crippen molar-refractivity contribution < 1.29 is 9.90 Å². The number of hydrogen-bond acceptors (Lipinski definition) is 4. The molecule has 27 heavy (non-hydrogen) atoms. The van der Waals surface area contributed by atoms with Crippen LogP contribution < -0.4 is 10.6 Å². The number of aliphatic hydroxyl groups is 1. The molecule has 1 fully saturated rings. The topological polar surface area (TPSA) is 77.0 Å². The first kappa shape index (κ1) is 21.9. The fourth-order valence-electron chi connectivity index (χ4n) is 3.02. The van der Waals surface area contributed by atoms with E-state index in [2.05, 4.69) is 21.7 Å². The number of aliphatic imine (C=N–C) groups is 1. The fraction of sp³-hybridized carbons (Fsp3) is 0.474. The Bertz CT molecular complexity index is 741. The highest BCUT2D eigenvalue weighted by molar-refractivity contribution is 14.0. The van der Waals surface area contributed by atoms with Gasteiger partial charge in [0.15, 0.2) is 5.96 Å². The normalized spacial score (nSPS) is 15.5. The first-order valence-electron chi connectivity index (χ1n) is 9.14. The zero-order chi connectivity index (χ0) is 18.4. The minimum absolute atomic E-state index is 0. The maximum atomic E-state index is 12.1. The predicted molar refractivity (Wildman–Crippen MR) is 122 cm³/mol. The summed E-state index contributed by atoms with van der Waals surface area (Å²) in [5, 5.41) is 17.9. The molecule has 3 N–H and O–H groups in total. The second-order valence-corrected chi connectivity index (χ2v) is 7.48. The Morgan fingerprint density at radius 1 is 1.30 bits per heavy atom. The minimum atomic E-state index is -0.620. The van der Waals surface area contributed by atoms with Gasteiger partial charge >= 0.3 is 0 Å². The van der Waals surface area contributed by atoms with Crippen molar-refractivity contribution in [1.82, 2.24) is 15.5 Å². The summed E-state index contributed by atoms with van der Waals surface area (Å²) in [6.45, 7) is 4.82. The number of fused-ring (bicyclic) bond motifs is 1. The second kappa shape index (κ2) is 10.8. The Kier molecular flexibility index (Phi) is 8.78. The molecule has 0 spiro atoms. The van der Waals surface area contributed by atoms with Gasteiger partial charge in [-0.05, 0) is 37.3 Å². The van der Waals surface area contributed by atoms with Crippen LogP contribution in [-0.2, 0) is 4.79 Å². The number of carbonyl (C=O) groups excluding carboxylic acids is 1. The molecule has 1 amide bonds. The van der Waals surface area contributed by atoms with Gasteiger partial charge in [-0.1, -0.05) is 18.2 Å². The molecule has 148 valence electrons. The Hall–Kier alpha value is -1.39. The van der Waals surface area contributed by atoms with Crippen LogP contribution >= 0.6 is 35.3 Å². The van der Waals surface area contributed by atoms with Gasteiger partial charge in [0.1, 0.15) is 12.6 Å². The van der Waals surface area contributed by atoms with E-state index in [1.165, 1.54) is 4.70 Å². The van der Waals surface area contributed by atoms with Crippen LogP contribution in [0.3, 0.4) is 0 Å². The van der Waals surface area contributed by atoms with Crippen molar-refractivity contribution in [2.45, 2.75) is 25.9 Å². The van der Waals surface area contributed by atoms with Crippen molar-refractivity contribution >= 4 is 57.3 Å². The molecule has 0 saturated carbocycles. The van der Waals surface area contributed by atoms with Crippen molar-refractivity contribution in [1.29, 1.82) is 0 Å². The maximum Gasteiger partial charge on any atom is 0.244 e. The number of rotatable bonds is 6. The molecule has 1 atom stereocenters. The number of nitrogens with one attached hydrogen (secondary N) is 2. The van der Waals surface area contributed by atoms with Gasteiger partial charge in [0, 0.05) is 35.8 Å². The number of guanidine groups is 1. The molecular formula is C19H27IN4O2S. The van der Waals surface area contributed by atoms with Crippen molar-refractivity contribution in [2.24, 2.45) is 4.99 Å². The molecule has 1 aliphatic rings. The second-order valence-electron chi connectivity index (χ2n) is 6.37. The molecule has 0 aliphatic carbocycles. The quantitative estimate of drug-likeness (QED) is 0.323. The van der Waals surface area contributed by atoms with E-state index in [9.17, 15) is 9.90 Å². The number of aliphatic hydroxyl groups excluding tert-OH is 1. The third-order valence-electron chi connectivity index (χ3n) is 4.41. The molecule has 1 aromatic carbocycles. The van der Waals surface area contributed by atoms with E-state index in [1.807, 2.05) is 36.1 Å². The number of halogens is 1. The van der Waals surface area contributed by atoms with Crippen molar-refractivity contribution in [2.75, 3.05) is 32.7 Å². The summed E-state index contributed by atoms with van der Waals surface area (Å²) in [7, 11) is 0. The largest absolute Gasteiger partial charge is 0.386 e. The molecule has 3 rings (SSSR count). The molecule has 0 radical (unpaired) electrons. The molecule has 1 aromatic heterocycles. The van der Waals surface area contributed by atoms with Crippen LogP contribution in [0, 0.1) is 0 Å². The number of thiophene rings is 1. The van der Waals surface area contributed by atoms with Crippen LogP contribution in [0.2, 0.25) is 0 Å². The highest BCUT2D eigenvalue weighted by atomic mass is 127. The van der Waals surface area contributed by atoms with Crippen molar-refractivity contribution in [3.05, 3.63) is 35.2 Å². The molecule has 6 nitrogen and oxygen atoms in total. The summed E-state index contributed by atoms with van der Waals surface area (Å²) in [5.41, 5.74) is 0. The minimum Gasteiger partial charge on any atom is -0.386 e. The molecule has 1 saturated heterocycles. The SMILES string of the molecule is CCNC(=NCC(=O)N1CCCC1)NCC(O)c1cc2ccccc2s1.I. The van der Waals surface area contributed by atoms with E-state index in [-0.39, 0.29) is 36.4 Å². The molecule has 2 aromatic rings. The molecular weight excluding hydrogens is 475 g/mol. The van der Waals surface area contributed by atoms with Crippen LogP contribution in [0.1, 0.15) is 30.7 Å². The lowest BCUT2D eigenvalue weighted by Gasteiger charge is -2.16. The maximum absolute atomic E-state index is 12.1. The van der Waals surface area contributed by atoms with E-state index in [1.54, 1.807) is 11.3 Å². The standard InChI is InChI=1S/C19H26N4O2S.HI/c1-2-20-19(22-13-18(25)23-9-5-6-10-23)21-12-15(24)17-11-14-7-3-4-8-16(14)26-17;/h3-4,7-8,11,15,24H,2,5-6,9-10,12-13H2,1H3,(H2,20,21,22);1H. The Morgan fingerprint density at radius 3 is 2.74 bits per heavy atom. The Balaban J connectivity index is 0.00000261. The number of nitrogens with zero attached hydrogens (tertiary/aromatic N) is 2.